The Morgan fingerprint density at radius 3 is 1.59 bits per heavy atom. The lowest BCUT2D eigenvalue weighted by molar-refractivity contribution is 1.18. The van der Waals surface area contributed by atoms with Crippen LogP contribution in [0.25, 0.3) is 21.5 Å². The number of para-hydroxylation sites is 2. The SMILES string of the molecule is Brc1ccc(I)nc1.Brc1ccc(N(c2ccccc2)c2ccc3ccccc3c2)nc1.c1ccc(Nc2ccc3ccccc3c2)cc1. The van der Waals surface area contributed by atoms with E-state index in [0.29, 0.717) is 0 Å². The maximum Gasteiger partial charge on any atom is 0.137 e. The van der Waals surface area contributed by atoms with Crippen LogP contribution in [0.4, 0.5) is 28.6 Å². The van der Waals surface area contributed by atoms with Crippen LogP contribution < -0.4 is 10.2 Å². The minimum atomic E-state index is 0.889. The summed E-state index contributed by atoms with van der Waals surface area (Å²) in [4.78, 5) is 10.8. The first-order valence-corrected chi connectivity index (χ1v) is 18.2. The van der Waals surface area contributed by atoms with Crippen LogP contribution in [0, 0.1) is 3.70 Å². The van der Waals surface area contributed by atoms with Gasteiger partial charge in [-0.1, -0.05) is 97.1 Å². The standard InChI is InChI=1S/C21H15BrN2.C16H13N.C5H3BrIN/c22-18-11-13-21(23-15-18)24(19-8-2-1-3-9-19)20-12-10-16-6-4-5-7-17(16)14-20;1-2-8-15(9-3-1)17-16-11-10-13-6-4-5-7-14(13)12-16;6-4-1-2-5(7)8-3-4/h1-15H;1-12,17H;1-3H. The number of hydrogen-bond donors (Lipinski definition) is 1. The van der Waals surface area contributed by atoms with Gasteiger partial charge >= 0.3 is 0 Å². The van der Waals surface area contributed by atoms with Crippen molar-refractivity contribution >= 4 is 105 Å². The lowest BCUT2D eigenvalue weighted by Gasteiger charge is -2.24. The van der Waals surface area contributed by atoms with E-state index in [1.54, 1.807) is 6.20 Å². The Morgan fingerprint density at radius 2 is 1.00 bits per heavy atom. The van der Waals surface area contributed by atoms with Crippen LogP contribution in [0.3, 0.4) is 0 Å². The van der Waals surface area contributed by atoms with Crippen LogP contribution in [-0.4, -0.2) is 9.97 Å². The minimum absolute atomic E-state index is 0.889. The van der Waals surface area contributed by atoms with E-state index in [-0.39, 0.29) is 0 Å². The molecular formula is C42H31Br2IN4. The zero-order valence-electron chi connectivity index (χ0n) is 26.3. The summed E-state index contributed by atoms with van der Waals surface area (Å²) >= 11 is 8.90. The molecule has 0 atom stereocenters. The molecular weight excluding hydrogens is 847 g/mol. The number of rotatable bonds is 5. The third-order valence-electron chi connectivity index (χ3n) is 7.45. The van der Waals surface area contributed by atoms with Crippen LogP contribution in [-0.2, 0) is 0 Å². The van der Waals surface area contributed by atoms with Crippen molar-refractivity contribution < 1.29 is 0 Å². The maximum absolute atomic E-state index is 4.59. The predicted molar refractivity (Wildman–Crippen MR) is 222 cm³/mol. The van der Waals surface area contributed by atoms with Gasteiger partial charge in [0.2, 0.25) is 0 Å². The molecule has 7 heteroatoms. The number of aromatic nitrogens is 2. The van der Waals surface area contributed by atoms with Gasteiger partial charge in [0.15, 0.2) is 0 Å². The quantitative estimate of drug-likeness (QED) is 0.138. The summed E-state index contributed by atoms with van der Waals surface area (Å²) in [6.07, 6.45) is 3.61. The molecule has 0 bridgehead atoms. The van der Waals surface area contributed by atoms with Gasteiger partial charge < -0.3 is 5.32 Å². The highest BCUT2D eigenvalue weighted by Gasteiger charge is 2.13. The zero-order valence-corrected chi connectivity index (χ0v) is 31.6. The highest BCUT2D eigenvalue weighted by molar-refractivity contribution is 14.1. The van der Waals surface area contributed by atoms with Crippen molar-refractivity contribution in [2.45, 2.75) is 0 Å². The number of pyridine rings is 2. The van der Waals surface area contributed by atoms with Crippen molar-refractivity contribution in [3.8, 4) is 0 Å². The van der Waals surface area contributed by atoms with Gasteiger partial charge in [-0.3, -0.25) is 4.90 Å². The average Bonchev–Trinajstić information content (AvgIpc) is 3.15. The van der Waals surface area contributed by atoms with Gasteiger partial charge in [0.1, 0.15) is 9.52 Å². The lowest BCUT2D eigenvalue weighted by atomic mass is 10.1. The molecule has 0 fully saturated rings. The Labute approximate surface area is 317 Å². The third kappa shape index (κ3) is 9.75. The first-order valence-electron chi connectivity index (χ1n) is 15.6. The number of nitrogens with zero attached hydrogens (tertiary/aromatic N) is 3. The molecule has 0 unspecified atom stereocenters. The largest absolute Gasteiger partial charge is 0.356 e. The van der Waals surface area contributed by atoms with E-state index in [2.05, 4.69) is 184 Å². The van der Waals surface area contributed by atoms with Gasteiger partial charge in [0.25, 0.3) is 0 Å². The molecule has 0 aliphatic heterocycles. The van der Waals surface area contributed by atoms with Gasteiger partial charge in [0.05, 0.1) is 0 Å². The molecule has 0 amide bonds. The monoisotopic (exact) mass is 876 g/mol. The maximum atomic E-state index is 4.59. The van der Waals surface area contributed by atoms with Gasteiger partial charge in [-0.2, -0.15) is 0 Å². The fourth-order valence-electron chi connectivity index (χ4n) is 5.12. The minimum Gasteiger partial charge on any atom is -0.356 e. The second-order valence-corrected chi connectivity index (χ2v) is 13.8. The van der Waals surface area contributed by atoms with E-state index in [0.717, 1.165) is 41.2 Å². The fourth-order valence-corrected chi connectivity index (χ4v) is 5.91. The van der Waals surface area contributed by atoms with Crippen LogP contribution in [0.1, 0.15) is 0 Å². The molecule has 4 nitrogen and oxygen atoms in total. The highest BCUT2D eigenvalue weighted by Crippen LogP contribution is 2.35. The normalized spacial score (nSPS) is 10.3. The first-order chi connectivity index (χ1) is 24.0. The van der Waals surface area contributed by atoms with Crippen LogP contribution in [0.2, 0.25) is 0 Å². The molecule has 0 radical (unpaired) electrons. The Hall–Kier alpha value is -4.57. The van der Waals surface area contributed by atoms with Gasteiger partial charge in [-0.25, -0.2) is 9.97 Å². The van der Waals surface area contributed by atoms with Gasteiger partial charge in [-0.05, 0) is 149 Å². The van der Waals surface area contributed by atoms with Gasteiger partial charge in [-0.15, -0.1) is 0 Å². The Kier molecular flexibility index (Phi) is 12.0. The number of benzene rings is 6. The number of nitrogens with one attached hydrogen (secondary N) is 1. The number of anilines is 5. The van der Waals surface area contributed by atoms with Crippen LogP contribution in [0.15, 0.2) is 191 Å². The van der Waals surface area contributed by atoms with Crippen molar-refractivity contribution in [3.63, 3.8) is 0 Å². The van der Waals surface area contributed by atoms with Crippen LogP contribution >= 0.6 is 54.5 Å². The van der Waals surface area contributed by atoms with Crippen molar-refractivity contribution in [3.05, 3.63) is 195 Å². The Morgan fingerprint density at radius 1 is 0.449 bits per heavy atom. The summed E-state index contributed by atoms with van der Waals surface area (Å²) in [6, 6.07) is 58.1. The van der Waals surface area contributed by atoms with Crippen molar-refractivity contribution in [1.29, 1.82) is 0 Å². The predicted octanol–water partition coefficient (Wildman–Crippen LogP) is 13.5. The molecule has 0 aliphatic carbocycles. The Bertz CT molecular complexity index is 2210. The molecule has 0 saturated carbocycles. The smallest absolute Gasteiger partial charge is 0.137 e. The van der Waals surface area contributed by atoms with E-state index >= 15 is 0 Å². The van der Waals surface area contributed by atoms with E-state index in [1.165, 1.54) is 21.5 Å². The number of halogens is 3. The highest BCUT2D eigenvalue weighted by atomic mass is 127. The van der Waals surface area contributed by atoms with Crippen LogP contribution in [0.5, 0.6) is 0 Å². The molecule has 8 aromatic rings. The van der Waals surface area contributed by atoms with Crippen molar-refractivity contribution in [2.75, 3.05) is 10.2 Å². The summed E-state index contributed by atoms with van der Waals surface area (Å²) in [7, 11) is 0. The summed E-state index contributed by atoms with van der Waals surface area (Å²) in [5.41, 5.74) is 4.41. The molecule has 1 N–H and O–H groups in total. The third-order valence-corrected chi connectivity index (χ3v) is 9.03. The summed E-state index contributed by atoms with van der Waals surface area (Å²) in [6.45, 7) is 0. The molecule has 49 heavy (non-hydrogen) atoms. The molecule has 240 valence electrons. The molecule has 6 aromatic carbocycles. The average molecular weight is 878 g/mol. The lowest BCUT2D eigenvalue weighted by Crippen LogP contribution is -2.11. The van der Waals surface area contributed by atoms with E-state index in [4.69, 9.17) is 0 Å². The number of hydrogen-bond acceptors (Lipinski definition) is 4. The summed E-state index contributed by atoms with van der Waals surface area (Å²) in [5.74, 6) is 0.889. The molecule has 0 spiro atoms. The van der Waals surface area contributed by atoms with E-state index in [1.807, 2.05) is 66.9 Å². The van der Waals surface area contributed by atoms with Crippen molar-refractivity contribution in [1.82, 2.24) is 9.97 Å². The first kappa shape index (κ1) is 34.3. The second-order valence-electron chi connectivity index (χ2n) is 10.9. The topological polar surface area (TPSA) is 41.1 Å². The zero-order chi connectivity index (χ0) is 33.8. The molecule has 2 aromatic heterocycles. The molecule has 2 heterocycles. The second kappa shape index (κ2) is 17.2. The van der Waals surface area contributed by atoms with Crippen molar-refractivity contribution in [2.24, 2.45) is 0 Å². The van der Waals surface area contributed by atoms with E-state index < -0.39 is 0 Å². The summed E-state index contributed by atoms with van der Waals surface area (Å²) < 4.78 is 3.02. The molecule has 0 aliphatic rings. The van der Waals surface area contributed by atoms with Gasteiger partial charge in [0, 0.05) is 44.1 Å². The fraction of sp³-hybridized carbons (Fsp3) is 0. The molecule has 0 saturated heterocycles. The summed E-state index contributed by atoms with van der Waals surface area (Å²) in [5, 5.41) is 8.37. The molecule has 8 rings (SSSR count). The number of fused-ring (bicyclic) bond motifs is 2. The van der Waals surface area contributed by atoms with E-state index in [9.17, 15) is 0 Å². The Balaban J connectivity index is 0.000000144.